The summed E-state index contributed by atoms with van der Waals surface area (Å²) >= 11 is 3.28. The van der Waals surface area contributed by atoms with E-state index in [4.69, 9.17) is 5.11 Å². The van der Waals surface area contributed by atoms with Crippen molar-refractivity contribution in [2.45, 2.75) is 26.3 Å². The van der Waals surface area contributed by atoms with Gasteiger partial charge in [0.2, 0.25) is 5.91 Å². The minimum Gasteiger partial charge on any atom is -0.478 e. The van der Waals surface area contributed by atoms with Crippen molar-refractivity contribution in [2.75, 3.05) is 11.9 Å². The van der Waals surface area contributed by atoms with Gasteiger partial charge in [-0.15, -0.1) is 0 Å². The molecule has 1 aromatic carbocycles. The maximum Gasteiger partial charge on any atom is 0.335 e. The van der Waals surface area contributed by atoms with Crippen molar-refractivity contribution in [3.8, 4) is 0 Å². The van der Waals surface area contributed by atoms with Crippen LogP contribution in [0, 0.1) is 0 Å². The third kappa shape index (κ3) is 5.40. The lowest BCUT2D eigenvalue weighted by molar-refractivity contribution is -0.116. The number of hydrogen-bond acceptors (Lipinski definition) is 3. The Hall–Kier alpha value is -1.40. The molecule has 0 saturated heterocycles. The van der Waals surface area contributed by atoms with E-state index in [2.05, 4.69) is 26.6 Å². The number of carboxylic acid groups (broad SMARTS) is 1. The van der Waals surface area contributed by atoms with Gasteiger partial charge in [-0.3, -0.25) is 4.79 Å². The molecule has 0 bridgehead atoms. The van der Waals surface area contributed by atoms with Gasteiger partial charge in [0.05, 0.1) is 11.3 Å². The van der Waals surface area contributed by atoms with Crippen LogP contribution < -0.4 is 10.6 Å². The fourth-order valence-electron chi connectivity index (χ4n) is 1.44. The number of anilines is 1. The van der Waals surface area contributed by atoms with Crippen LogP contribution in [0.1, 0.15) is 30.6 Å². The Kier molecular flexibility index (Phi) is 5.98. The molecule has 6 heteroatoms. The molecule has 19 heavy (non-hydrogen) atoms. The molecule has 3 N–H and O–H groups in total. The highest BCUT2D eigenvalue weighted by molar-refractivity contribution is 9.10. The highest BCUT2D eigenvalue weighted by atomic mass is 79.9. The molecule has 0 spiro atoms. The molecule has 1 aromatic rings. The molecule has 1 rings (SSSR count). The summed E-state index contributed by atoms with van der Waals surface area (Å²) in [7, 11) is 0. The number of nitrogens with one attached hydrogen (secondary N) is 2. The number of benzene rings is 1. The third-order valence-corrected chi connectivity index (χ3v) is 3.08. The number of rotatable bonds is 6. The van der Waals surface area contributed by atoms with Crippen molar-refractivity contribution in [2.24, 2.45) is 0 Å². The Balaban J connectivity index is 2.63. The standard InChI is InChI=1S/C13H17BrN2O3/c1-8(2)15-6-5-12(17)16-11-7-9(13(18)19)3-4-10(11)14/h3-4,7-8,15H,5-6H2,1-2H3,(H,16,17)(H,18,19). The molecule has 0 aliphatic carbocycles. The van der Waals surface area contributed by atoms with Gasteiger partial charge in [-0.2, -0.15) is 0 Å². The van der Waals surface area contributed by atoms with Crippen molar-refractivity contribution in [1.29, 1.82) is 0 Å². The predicted molar refractivity (Wildman–Crippen MR) is 77.5 cm³/mol. The molecule has 0 fully saturated rings. The first-order valence-corrected chi connectivity index (χ1v) is 6.75. The van der Waals surface area contributed by atoms with Gasteiger partial charge < -0.3 is 15.7 Å². The number of aromatic carboxylic acids is 1. The van der Waals surface area contributed by atoms with E-state index in [1.807, 2.05) is 13.8 Å². The van der Waals surface area contributed by atoms with Crippen LogP contribution in [0.15, 0.2) is 22.7 Å². The molecule has 0 aromatic heterocycles. The summed E-state index contributed by atoms with van der Waals surface area (Å²) in [6.07, 6.45) is 0.335. The Labute approximate surface area is 120 Å². The third-order valence-electron chi connectivity index (χ3n) is 2.39. The van der Waals surface area contributed by atoms with E-state index in [0.717, 1.165) is 0 Å². The van der Waals surface area contributed by atoms with Crippen LogP contribution in [0.3, 0.4) is 0 Å². The highest BCUT2D eigenvalue weighted by Crippen LogP contribution is 2.23. The fourth-order valence-corrected chi connectivity index (χ4v) is 1.79. The number of halogens is 1. The minimum atomic E-state index is -1.02. The molecular formula is C13H17BrN2O3. The second-order valence-corrected chi connectivity index (χ2v) is 5.26. The van der Waals surface area contributed by atoms with E-state index < -0.39 is 5.97 Å². The second-order valence-electron chi connectivity index (χ2n) is 4.41. The van der Waals surface area contributed by atoms with Crippen LogP contribution in [-0.4, -0.2) is 29.6 Å². The predicted octanol–water partition coefficient (Wildman–Crippen LogP) is 2.47. The van der Waals surface area contributed by atoms with E-state index in [1.165, 1.54) is 12.1 Å². The summed E-state index contributed by atoms with van der Waals surface area (Å²) in [6.45, 7) is 4.59. The monoisotopic (exact) mass is 328 g/mol. The number of carboxylic acids is 1. The number of hydrogen-bond donors (Lipinski definition) is 3. The van der Waals surface area contributed by atoms with E-state index in [-0.39, 0.29) is 11.5 Å². The van der Waals surface area contributed by atoms with Crippen LogP contribution >= 0.6 is 15.9 Å². The molecular weight excluding hydrogens is 312 g/mol. The summed E-state index contributed by atoms with van der Waals surface area (Å²) in [6, 6.07) is 4.84. The minimum absolute atomic E-state index is 0.138. The maximum absolute atomic E-state index is 11.7. The summed E-state index contributed by atoms with van der Waals surface area (Å²) in [4.78, 5) is 22.6. The summed E-state index contributed by atoms with van der Waals surface area (Å²) in [5, 5.41) is 14.7. The molecule has 0 unspecified atom stereocenters. The number of carbonyl (C=O) groups is 2. The summed E-state index contributed by atoms with van der Waals surface area (Å²) in [5.41, 5.74) is 0.605. The summed E-state index contributed by atoms with van der Waals surface area (Å²) < 4.78 is 0.655. The van der Waals surface area contributed by atoms with Gasteiger partial charge in [0.1, 0.15) is 0 Å². The second kappa shape index (κ2) is 7.25. The van der Waals surface area contributed by atoms with E-state index >= 15 is 0 Å². The van der Waals surface area contributed by atoms with Crippen LogP contribution in [-0.2, 0) is 4.79 Å². The van der Waals surface area contributed by atoms with Gasteiger partial charge in [0.25, 0.3) is 0 Å². The molecule has 1 amide bonds. The van der Waals surface area contributed by atoms with E-state index in [9.17, 15) is 9.59 Å². The first kappa shape index (κ1) is 15.7. The molecule has 0 aliphatic heterocycles. The topological polar surface area (TPSA) is 78.4 Å². The normalized spacial score (nSPS) is 10.5. The molecule has 0 radical (unpaired) electrons. The van der Waals surface area contributed by atoms with E-state index in [1.54, 1.807) is 6.07 Å². The quantitative estimate of drug-likeness (QED) is 0.749. The zero-order valence-electron chi connectivity index (χ0n) is 10.9. The average molecular weight is 329 g/mol. The van der Waals surface area contributed by atoms with Crippen molar-refractivity contribution < 1.29 is 14.7 Å². The first-order valence-electron chi connectivity index (χ1n) is 5.96. The van der Waals surface area contributed by atoms with Crippen molar-refractivity contribution in [1.82, 2.24) is 5.32 Å². The number of carbonyl (C=O) groups excluding carboxylic acids is 1. The maximum atomic E-state index is 11.7. The fraction of sp³-hybridized carbons (Fsp3) is 0.385. The van der Waals surface area contributed by atoms with Gasteiger partial charge >= 0.3 is 5.97 Å². The first-order chi connectivity index (χ1) is 8.90. The van der Waals surface area contributed by atoms with E-state index in [0.29, 0.717) is 29.2 Å². The van der Waals surface area contributed by atoms with Crippen LogP contribution in [0.5, 0.6) is 0 Å². The molecule has 0 saturated carbocycles. The van der Waals surface area contributed by atoms with Gasteiger partial charge in [-0.1, -0.05) is 13.8 Å². The Morgan fingerprint density at radius 3 is 2.63 bits per heavy atom. The average Bonchev–Trinajstić information content (AvgIpc) is 2.31. The molecule has 0 heterocycles. The van der Waals surface area contributed by atoms with Crippen LogP contribution in [0.4, 0.5) is 5.69 Å². The Morgan fingerprint density at radius 1 is 1.37 bits per heavy atom. The molecule has 0 atom stereocenters. The van der Waals surface area contributed by atoms with Gasteiger partial charge in [0, 0.05) is 23.5 Å². The largest absolute Gasteiger partial charge is 0.478 e. The zero-order valence-corrected chi connectivity index (χ0v) is 12.5. The smallest absolute Gasteiger partial charge is 0.335 e. The molecule has 104 valence electrons. The van der Waals surface area contributed by atoms with Gasteiger partial charge in [-0.05, 0) is 34.1 Å². The van der Waals surface area contributed by atoms with Crippen LogP contribution in [0.25, 0.3) is 0 Å². The van der Waals surface area contributed by atoms with Crippen LogP contribution in [0.2, 0.25) is 0 Å². The Morgan fingerprint density at radius 2 is 2.05 bits per heavy atom. The molecule has 0 aliphatic rings. The SMILES string of the molecule is CC(C)NCCC(=O)Nc1cc(C(=O)O)ccc1Br. The lowest BCUT2D eigenvalue weighted by Crippen LogP contribution is -2.27. The molecule has 5 nitrogen and oxygen atoms in total. The van der Waals surface area contributed by atoms with Crippen molar-refractivity contribution in [3.63, 3.8) is 0 Å². The van der Waals surface area contributed by atoms with Gasteiger partial charge in [-0.25, -0.2) is 4.79 Å². The zero-order chi connectivity index (χ0) is 14.4. The van der Waals surface area contributed by atoms with Crippen molar-refractivity contribution >= 4 is 33.5 Å². The summed E-state index contributed by atoms with van der Waals surface area (Å²) in [5.74, 6) is -1.18. The highest BCUT2D eigenvalue weighted by Gasteiger charge is 2.09. The Bertz CT molecular complexity index is 475. The lowest BCUT2D eigenvalue weighted by Gasteiger charge is -2.10. The van der Waals surface area contributed by atoms with Crippen molar-refractivity contribution in [3.05, 3.63) is 28.2 Å². The van der Waals surface area contributed by atoms with Gasteiger partial charge in [0.15, 0.2) is 0 Å². The lowest BCUT2D eigenvalue weighted by atomic mass is 10.2. The number of amides is 1.